The molecule has 1 N–H and O–H groups in total. The van der Waals surface area contributed by atoms with Gasteiger partial charge in [-0.3, -0.25) is 0 Å². The lowest BCUT2D eigenvalue weighted by Gasteiger charge is -2.14. The van der Waals surface area contributed by atoms with Crippen LogP contribution in [0, 0.1) is 5.82 Å². The molecule has 160 valence electrons. The summed E-state index contributed by atoms with van der Waals surface area (Å²) in [6.45, 7) is 1.24. The van der Waals surface area contributed by atoms with Crippen molar-refractivity contribution in [1.82, 2.24) is 9.88 Å². The third-order valence-corrected chi connectivity index (χ3v) is 5.25. The highest BCUT2D eigenvalue weighted by Crippen LogP contribution is 2.30. The normalized spacial score (nSPS) is 11.2. The maximum Gasteiger partial charge on any atom is 0.123 e. The van der Waals surface area contributed by atoms with Gasteiger partial charge in [0.1, 0.15) is 17.3 Å². The molecule has 2 aromatic carbocycles. The molecule has 0 saturated heterocycles. The Morgan fingerprint density at radius 2 is 2.00 bits per heavy atom. The number of furan rings is 1. The molecule has 0 amide bonds. The lowest BCUT2D eigenvalue weighted by Crippen LogP contribution is -2.28. The Hall–Kier alpha value is -3.58. The molecule has 0 aliphatic heterocycles. The highest BCUT2D eigenvalue weighted by Gasteiger charge is 2.19. The Morgan fingerprint density at radius 1 is 1.19 bits per heavy atom. The Kier molecular flexibility index (Phi) is 6.04. The lowest BCUT2D eigenvalue weighted by atomic mass is 10.1. The van der Waals surface area contributed by atoms with Crippen LogP contribution in [0.2, 0.25) is 0 Å². The number of ether oxygens (including phenoxy) is 1. The number of benzene rings is 2. The summed E-state index contributed by atoms with van der Waals surface area (Å²) >= 11 is 0. The zero-order valence-electron chi connectivity index (χ0n) is 17.1. The van der Waals surface area contributed by atoms with Crippen LogP contribution in [0.25, 0.3) is 10.9 Å². The average Bonchev–Trinajstić information content (AvgIpc) is 3.39. The summed E-state index contributed by atoms with van der Waals surface area (Å²) in [6.07, 6.45) is 2.32. The van der Waals surface area contributed by atoms with Gasteiger partial charge in [-0.25, -0.2) is 4.39 Å². The molecule has 4 rings (SSSR count). The van der Waals surface area contributed by atoms with Gasteiger partial charge in [-0.2, -0.15) is 0 Å². The molecule has 31 heavy (non-hydrogen) atoms. The van der Waals surface area contributed by atoms with E-state index in [-0.39, 0.29) is 18.1 Å². The monoisotopic (exact) mass is 421 g/mol. The van der Waals surface area contributed by atoms with Crippen LogP contribution in [-0.2, 0) is 19.5 Å². The molecule has 6 nitrogen and oxygen atoms in total. The molecule has 0 atom stereocenters. The molecule has 0 fully saturated rings. The number of halogens is 1. The third-order valence-electron chi connectivity index (χ3n) is 5.25. The van der Waals surface area contributed by atoms with Gasteiger partial charge in [-0.1, -0.05) is 12.1 Å². The van der Waals surface area contributed by atoms with Gasteiger partial charge in [0.25, 0.3) is 0 Å². The zero-order chi connectivity index (χ0) is 21.8. The van der Waals surface area contributed by atoms with E-state index in [1.807, 2.05) is 18.2 Å². The van der Waals surface area contributed by atoms with E-state index in [2.05, 4.69) is 5.32 Å². The van der Waals surface area contributed by atoms with Crippen LogP contribution in [0.15, 0.2) is 65.3 Å². The fourth-order valence-electron chi connectivity index (χ4n) is 3.76. The van der Waals surface area contributed by atoms with Crippen molar-refractivity contribution in [3.05, 3.63) is 89.3 Å². The van der Waals surface area contributed by atoms with E-state index in [0.29, 0.717) is 36.3 Å². The standard InChI is InChI=1S/C24H23FN2O4/c1-30-19-8-9-20-21(14-26-11-10-18-3-2-12-31-18)23(24(28)29)27(22(20)13-19)15-16-4-6-17(25)7-5-16/h2-9,12-13,26H,10-11,14-15H2,1H3,(H,28,29)/p-1. The van der Waals surface area contributed by atoms with E-state index in [4.69, 9.17) is 9.15 Å². The van der Waals surface area contributed by atoms with Crippen molar-refractivity contribution < 1.29 is 23.4 Å². The number of nitrogens with zero attached hydrogens (tertiary/aromatic N) is 1. The fourth-order valence-corrected chi connectivity index (χ4v) is 3.76. The number of nitrogens with one attached hydrogen (secondary N) is 1. The van der Waals surface area contributed by atoms with Gasteiger partial charge in [0.2, 0.25) is 0 Å². The number of carboxylic acid groups (broad SMARTS) is 1. The lowest BCUT2D eigenvalue weighted by molar-refractivity contribution is -0.255. The van der Waals surface area contributed by atoms with E-state index in [9.17, 15) is 14.3 Å². The summed E-state index contributed by atoms with van der Waals surface area (Å²) in [6, 6.07) is 15.2. The van der Waals surface area contributed by atoms with Crippen LogP contribution in [0.4, 0.5) is 4.39 Å². The highest BCUT2D eigenvalue weighted by atomic mass is 19.1. The first-order valence-corrected chi connectivity index (χ1v) is 9.95. The van der Waals surface area contributed by atoms with Crippen LogP contribution in [-0.4, -0.2) is 24.2 Å². The largest absolute Gasteiger partial charge is 0.543 e. The Balaban J connectivity index is 1.70. The third kappa shape index (κ3) is 4.46. The molecule has 2 heterocycles. The van der Waals surface area contributed by atoms with Gasteiger partial charge in [0.05, 0.1) is 30.6 Å². The number of methoxy groups -OCH3 is 1. The molecule has 0 saturated carbocycles. The van der Waals surface area contributed by atoms with Crippen molar-refractivity contribution in [3.8, 4) is 5.75 Å². The molecule has 0 aliphatic rings. The Morgan fingerprint density at radius 3 is 2.68 bits per heavy atom. The summed E-state index contributed by atoms with van der Waals surface area (Å²) < 4.78 is 25.7. The number of carboxylic acids is 1. The number of hydrogen-bond acceptors (Lipinski definition) is 5. The quantitative estimate of drug-likeness (QED) is 0.420. The number of hydrogen-bond donors (Lipinski definition) is 1. The first-order valence-electron chi connectivity index (χ1n) is 9.95. The van der Waals surface area contributed by atoms with Crippen LogP contribution in [0.5, 0.6) is 5.75 Å². The minimum Gasteiger partial charge on any atom is -0.543 e. The van der Waals surface area contributed by atoms with Crippen molar-refractivity contribution in [2.24, 2.45) is 0 Å². The molecule has 0 radical (unpaired) electrons. The molecule has 7 heteroatoms. The van der Waals surface area contributed by atoms with Crippen LogP contribution >= 0.6 is 0 Å². The first kappa shape index (κ1) is 20.7. The molecule has 0 bridgehead atoms. The minimum atomic E-state index is -1.26. The first-order chi connectivity index (χ1) is 15.1. The molecule has 0 spiro atoms. The smallest absolute Gasteiger partial charge is 0.123 e. The minimum absolute atomic E-state index is 0.0954. The molecule has 0 unspecified atom stereocenters. The molecular weight excluding hydrogens is 399 g/mol. The van der Waals surface area contributed by atoms with E-state index in [1.54, 1.807) is 42.2 Å². The van der Waals surface area contributed by atoms with Crippen LogP contribution in [0.1, 0.15) is 27.4 Å². The van der Waals surface area contributed by atoms with Crippen molar-refractivity contribution in [2.75, 3.05) is 13.7 Å². The van der Waals surface area contributed by atoms with Gasteiger partial charge in [0.15, 0.2) is 0 Å². The SMILES string of the molecule is COc1ccc2c(CNCCc3ccco3)c(C(=O)[O-])n(Cc3ccc(F)cc3)c2c1. The van der Waals surface area contributed by atoms with Crippen molar-refractivity contribution >= 4 is 16.9 Å². The van der Waals surface area contributed by atoms with Crippen LogP contribution < -0.4 is 15.2 Å². The molecule has 4 aromatic rings. The summed E-state index contributed by atoms with van der Waals surface area (Å²) in [5.41, 5.74) is 2.23. The second kappa shape index (κ2) is 9.06. The van der Waals surface area contributed by atoms with Crippen LogP contribution in [0.3, 0.4) is 0 Å². The molecular formula is C24H22FN2O4-. The summed E-state index contributed by atoms with van der Waals surface area (Å²) in [5, 5.41) is 16.3. The Bertz CT molecular complexity index is 1180. The second-order valence-corrected chi connectivity index (χ2v) is 7.22. The number of rotatable bonds is 9. The topological polar surface area (TPSA) is 79.5 Å². The van der Waals surface area contributed by atoms with Gasteiger partial charge in [-0.05, 0) is 42.0 Å². The van der Waals surface area contributed by atoms with Crippen molar-refractivity contribution in [1.29, 1.82) is 0 Å². The van der Waals surface area contributed by atoms with Gasteiger partial charge in [0, 0.05) is 43.1 Å². The number of aromatic carboxylic acids is 1. The molecule has 0 aliphatic carbocycles. The number of aromatic nitrogens is 1. The number of carbonyl (C=O) groups is 1. The van der Waals surface area contributed by atoms with Crippen molar-refractivity contribution in [2.45, 2.75) is 19.5 Å². The summed E-state index contributed by atoms with van der Waals surface area (Å²) in [4.78, 5) is 12.2. The zero-order valence-corrected chi connectivity index (χ0v) is 17.1. The molecule has 2 aromatic heterocycles. The highest BCUT2D eigenvalue weighted by molar-refractivity contribution is 5.98. The predicted octanol–water partition coefficient (Wildman–Crippen LogP) is 3.13. The second-order valence-electron chi connectivity index (χ2n) is 7.22. The predicted molar refractivity (Wildman–Crippen MR) is 112 cm³/mol. The van der Waals surface area contributed by atoms with Gasteiger partial charge < -0.3 is 28.9 Å². The summed E-state index contributed by atoms with van der Waals surface area (Å²) in [5.74, 6) is -0.131. The maximum absolute atomic E-state index is 13.3. The number of fused-ring (bicyclic) bond motifs is 1. The summed E-state index contributed by atoms with van der Waals surface area (Å²) in [7, 11) is 1.56. The average molecular weight is 421 g/mol. The van der Waals surface area contributed by atoms with Gasteiger partial charge in [-0.15, -0.1) is 0 Å². The van der Waals surface area contributed by atoms with E-state index in [1.165, 1.54) is 12.1 Å². The maximum atomic E-state index is 13.3. The Labute approximate surface area is 178 Å². The van der Waals surface area contributed by atoms with E-state index >= 15 is 0 Å². The van der Waals surface area contributed by atoms with E-state index < -0.39 is 5.97 Å². The fraction of sp³-hybridized carbons (Fsp3) is 0.208. The van der Waals surface area contributed by atoms with Crippen molar-refractivity contribution in [3.63, 3.8) is 0 Å². The van der Waals surface area contributed by atoms with E-state index in [0.717, 1.165) is 16.7 Å². The van der Waals surface area contributed by atoms with Gasteiger partial charge >= 0.3 is 0 Å². The number of carbonyl (C=O) groups excluding carboxylic acids is 1.